The Morgan fingerprint density at radius 3 is 2.53 bits per heavy atom. The fourth-order valence-corrected chi connectivity index (χ4v) is 1.29. The van der Waals surface area contributed by atoms with Gasteiger partial charge in [0.05, 0.1) is 13.0 Å². The summed E-state index contributed by atoms with van der Waals surface area (Å²) in [7, 11) is 0. The number of ether oxygens (including phenoxy) is 1. The molecule has 1 aromatic carbocycles. The van der Waals surface area contributed by atoms with Crippen molar-refractivity contribution in [3.05, 3.63) is 17.7 Å². The molecule has 0 unspecified atom stereocenters. The Bertz CT molecular complexity index is 412. The molecule has 5 heteroatoms. The average molecular weight is 240 g/mol. The molecule has 3 N–H and O–H groups in total. The highest BCUT2D eigenvalue weighted by Crippen LogP contribution is 2.36. The molecule has 0 fully saturated rings. The lowest BCUT2D eigenvalue weighted by Gasteiger charge is -2.12. The summed E-state index contributed by atoms with van der Waals surface area (Å²) in [5, 5.41) is 27.6. The van der Waals surface area contributed by atoms with E-state index in [9.17, 15) is 15.0 Å². The minimum absolute atomic E-state index is 0.106. The lowest BCUT2D eigenvalue weighted by molar-refractivity contribution is -0.136. The van der Waals surface area contributed by atoms with Crippen molar-refractivity contribution in [1.29, 1.82) is 0 Å². The molecule has 0 spiro atoms. The summed E-state index contributed by atoms with van der Waals surface area (Å²) in [4.78, 5) is 10.6. The van der Waals surface area contributed by atoms with Gasteiger partial charge in [0.1, 0.15) is 0 Å². The number of phenols is 2. The molecule has 0 aliphatic heterocycles. The quantitative estimate of drug-likeness (QED) is 0.682. The molecule has 0 saturated heterocycles. The van der Waals surface area contributed by atoms with E-state index in [2.05, 4.69) is 0 Å². The monoisotopic (exact) mass is 240 g/mol. The van der Waals surface area contributed by atoms with Gasteiger partial charge in [0.15, 0.2) is 11.5 Å². The Hall–Kier alpha value is -1.91. The molecule has 0 aliphatic carbocycles. The molecule has 17 heavy (non-hydrogen) atoms. The first-order valence-electron chi connectivity index (χ1n) is 5.29. The van der Waals surface area contributed by atoms with Gasteiger partial charge in [-0.15, -0.1) is 0 Å². The van der Waals surface area contributed by atoms with Crippen LogP contribution in [0.15, 0.2) is 12.1 Å². The van der Waals surface area contributed by atoms with Gasteiger partial charge in [0.2, 0.25) is 5.75 Å². The molecule has 1 aromatic rings. The maximum atomic E-state index is 10.6. The van der Waals surface area contributed by atoms with Crippen LogP contribution in [0.25, 0.3) is 0 Å². The van der Waals surface area contributed by atoms with E-state index in [-0.39, 0.29) is 29.6 Å². The average Bonchev–Trinajstić information content (AvgIpc) is 2.20. The fourth-order valence-electron chi connectivity index (χ4n) is 1.29. The highest BCUT2D eigenvalue weighted by atomic mass is 16.5. The van der Waals surface area contributed by atoms with Crippen LogP contribution in [-0.2, 0) is 11.2 Å². The van der Waals surface area contributed by atoms with Crippen LogP contribution in [0, 0.1) is 5.92 Å². The number of benzene rings is 1. The second kappa shape index (κ2) is 5.43. The van der Waals surface area contributed by atoms with Gasteiger partial charge >= 0.3 is 5.97 Å². The maximum absolute atomic E-state index is 10.6. The number of phenolic OH excluding ortho intramolecular Hbond substituents is 2. The summed E-state index contributed by atoms with van der Waals surface area (Å²) in [5.41, 5.74) is 0.381. The van der Waals surface area contributed by atoms with E-state index in [1.807, 2.05) is 13.8 Å². The van der Waals surface area contributed by atoms with Crippen molar-refractivity contribution in [3.8, 4) is 17.2 Å². The van der Waals surface area contributed by atoms with Crippen molar-refractivity contribution < 1.29 is 24.9 Å². The van der Waals surface area contributed by atoms with Crippen LogP contribution in [0.4, 0.5) is 0 Å². The van der Waals surface area contributed by atoms with Crippen molar-refractivity contribution in [3.63, 3.8) is 0 Å². The minimum Gasteiger partial charge on any atom is -0.504 e. The van der Waals surface area contributed by atoms with Gasteiger partial charge in [-0.25, -0.2) is 0 Å². The number of aliphatic carboxylic acids is 1. The third-order valence-corrected chi connectivity index (χ3v) is 2.04. The summed E-state index contributed by atoms with van der Waals surface area (Å²) < 4.78 is 5.30. The van der Waals surface area contributed by atoms with Crippen molar-refractivity contribution in [1.82, 2.24) is 0 Å². The molecule has 0 atom stereocenters. The largest absolute Gasteiger partial charge is 0.504 e. The van der Waals surface area contributed by atoms with Crippen LogP contribution < -0.4 is 4.74 Å². The SMILES string of the molecule is CC(C)COc1cc(CC(=O)O)cc(O)c1O. The predicted molar refractivity (Wildman–Crippen MR) is 61.4 cm³/mol. The standard InChI is InChI=1S/C12H16O5/c1-7(2)6-17-10-4-8(5-11(14)15)3-9(13)12(10)16/h3-4,7,13,16H,5-6H2,1-2H3,(H,14,15). The summed E-state index contributed by atoms with van der Waals surface area (Å²) in [5.74, 6) is -1.37. The summed E-state index contributed by atoms with van der Waals surface area (Å²) in [6.07, 6.45) is -0.230. The topological polar surface area (TPSA) is 87.0 Å². The second-order valence-corrected chi connectivity index (χ2v) is 4.24. The molecule has 1 rings (SSSR count). The van der Waals surface area contributed by atoms with Crippen LogP contribution in [0.1, 0.15) is 19.4 Å². The Kier molecular flexibility index (Phi) is 4.20. The zero-order chi connectivity index (χ0) is 13.0. The molecule has 0 bridgehead atoms. The van der Waals surface area contributed by atoms with Crippen LogP contribution in [0.3, 0.4) is 0 Å². The van der Waals surface area contributed by atoms with E-state index >= 15 is 0 Å². The Morgan fingerprint density at radius 2 is 2.00 bits per heavy atom. The third-order valence-electron chi connectivity index (χ3n) is 2.04. The number of rotatable bonds is 5. The predicted octanol–water partition coefficient (Wildman–Crippen LogP) is 1.76. The molecule has 0 radical (unpaired) electrons. The highest BCUT2D eigenvalue weighted by molar-refractivity contribution is 5.71. The molecule has 0 aromatic heterocycles. The molecule has 0 aliphatic rings. The second-order valence-electron chi connectivity index (χ2n) is 4.24. The lowest BCUT2D eigenvalue weighted by Crippen LogP contribution is -2.06. The third kappa shape index (κ3) is 3.86. The molecule has 0 heterocycles. The van der Waals surface area contributed by atoms with Gasteiger partial charge in [-0.3, -0.25) is 4.79 Å². The van der Waals surface area contributed by atoms with Crippen LogP contribution in [0.2, 0.25) is 0 Å². The Labute approximate surface area is 99.3 Å². The number of hydrogen-bond donors (Lipinski definition) is 3. The van der Waals surface area contributed by atoms with Crippen LogP contribution in [0.5, 0.6) is 17.2 Å². The molecule has 94 valence electrons. The van der Waals surface area contributed by atoms with Crippen molar-refractivity contribution in [2.45, 2.75) is 20.3 Å². The summed E-state index contributed by atoms with van der Waals surface area (Å²) >= 11 is 0. The van der Waals surface area contributed by atoms with Crippen LogP contribution in [-0.4, -0.2) is 27.9 Å². The molecule has 0 saturated carbocycles. The first-order valence-corrected chi connectivity index (χ1v) is 5.29. The first-order chi connectivity index (χ1) is 7.90. The fraction of sp³-hybridized carbons (Fsp3) is 0.417. The molecular weight excluding hydrogens is 224 g/mol. The molecular formula is C12H16O5. The normalized spacial score (nSPS) is 10.5. The van der Waals surface area contributed by atoms with E-state index in [1.165, 1.54) is 12.1 Å². The molecule has 0 amide bonds. The lowest BCUT2D eigenvalue weighted by atomic mass is 10.1. The van der Waals surface area contributed by atoms with Gasteiger partial charge in [-0.1, -0.05) is 13.8 Å². The summed E-state index contributed by atoms with van der Waals surface area (Å²) in [6.45, 7) is 4.26. The van der Waals surface area contributed by atoms with E-state index in [4.69, 9.17) is 9.84 Å². The van der Waals surface area contributed by atoms with Gasteiger partial charge in [-0.2, -0.15) is 0 Å². The Morgan fingerprint density at radius 1 is 1.35 bits per heavy atom. The minimum atomic E-state index is -1.01. The maximum Gasteiger partial charge on any atom is 0.307 e. The van der Waals surface area contributed by atoms with Gasteiger partial charge in [0.25, 0.3) is 0 Å². The van der Waals surface area contributed by atoms with Gasteiger partial charge < -0.3 is 20.1 Å². The van der Waals surface area contributed by atoms with Gasteiger partial charge in [0, 0.05) is 0 Å². The highest BCUT2D eigenvalue weighted by Gasteiger charge is 2.12. The Balaban J connectivity index is 2.94. The van der Waals surface area contributed by atoms with Gasteiger partial charge in [-0.05, 0) is 23.6 Å². The van der Waals surface area contributed by atoms with E-state index in [0.29, 0.717) is 12.2 Å². The zero-order valence-electron chi connectivity index (χ0n) is 9.80. The molecule has 5 nitrogen and oxygen atoms in total. The smallest absolute Gasteiger partial charge is 0.307 e. The zero-order valence-corrected chi connectivity index (χ0v) is 9.80. The van der Waals surface area contributed by atoms with Crippen molar-refractivity contribution >= 4 is 5.97 Å². The van der Waals surface area contributed by atoms with Crippen molar-refractivity contribution in [2.24, 2.45) is 5.92 Å². The number of aromatic hydroxyl groups is 2. The number of carbonyl (C=O) groups is 1. The number of carboxylic acids is 1. The number of carboxylic acid groups (broad SMARTS) is 1. The summed E-state index contributed by atoms with van der Waals surface area (Å²) in [6, 6.07) is 2.64. The number of hydrogen-bond acceptors (Lipinski definition) is 4. The van der Waals surface area contributed by atoms with E-state index < -0.39 is 5.97 Å². The van der Waals surface area contributed by atoms with E-state index in [1.54, 1.807) is 0 Å². The first kappa shape index (κ1) is 13.2. The van der Waals surface area contributed by atoms with Crippen LogP contribution >= 0.6 is 0 Å². The van der Waals surface area contributed by atoms with E-state index in [0.717, 1.165) is 0 Å². The van der Waals surface area contributed by atoms with Crippen molar-refractivity contribution in [2.75, 3.05) is 6.61 Å².